The Morgan fingerprint density at radius 3 is 2.02 bits per heavy atom. The Kier molecular flexibility index (Phi) is 7.79. The highest BCUT2D eigenvalue weighted by atomic mass is 35.5. The van der Waals surface area contributed by atoms with Gasteiger partial charge in [-0.25, -0.2) is 0 Å². The molecule has 0 fully saturated rings. The molecule has 0 aliphatic rings. The number of azo groups is 1. The molecular formula is C20H12ClF2N5O11S3. The molecule has 0 amide bonds. The van der Waals surface area contributed by atoms with Gasteiger partial charge in [-0.05, 0) is 35.7 Å². The summed E-state index contributed by atoms with van der Waals surface area (Å²) in [5.74, 6) is -3.93. The summed E-state index contributed by atoms with van der Waals surface area (Å²) in [7, 11) is -15.8. The van der Waals surface area contributed by atoms with Crippen LogP contribution in [0.4, 0.5) is 31.7 Å². The summed E-state index contributed by atoms with van der Waals surface area (Å²) in [6, 6.07) is 4.38. The van der Waals surface area contributed by atoms with Crippen molar-refractivity contribution in [3.05, 3.63) is 53.4 Å². The summed E-state index contributed by atoms with van der Waals surface area (Å²) in [6.07, 6.45) is -1.45. The van der Waals surface area contributed by atoms with Crippen molar-refractivity contribution in [1.29, 1.82) is 0 Å². The maximum Gasteiger partial charge on any atom is 0.313 e. The van der Waals surface area contributed by atoms with Crippen molar-refractivity contribution < 1.29 is 57.9 Å². The number of aromatic nitrogens is 2. The number of aromatic hydroxyl groups is 2. The van der Waals surface area contributed by atoms with Crippen molar-refractivity contribution in [3.8, 4) is 11.5 Å². The lowest BCUT2D eigenvalue weighted by molar-refractivity contribution is 0.469. The van der Waals surface area contributed by atoms with Crippen LogP contribution in [-0.2, 0) is 30.4 Å². The SMILES string of the molecule is O=S(=O)(O)c1cc(S(=O)(=O)O)c2c(O)c(N=Nc3ccc(Nc4nc(F)nc(F)c4Cl)cc3O)c(S(=O)(=O)O)cc2c1. The molecule has 4 aromatic rings. The number of benzene rings is 3. The number of nitrogens with one attached hydrogen (secondary N) is 1. The van der Waals surface area contributed by atoms with E-state index in [1.165, 1.54) is 0 Å². The van der Waals surface area contributed by atoms with E-state index in [9.17, 15) is 57.9 Å². The molecular weight excluding hydrogens is 656 g/mol. The molecule has 16 nitrogen and oxygen atoms in total. The van der Waals surface area contributed by atoms with Gasteiger partial charge in [-0.15, -0.1) is 10.2 Å². The lowest BCUT2D eigenvalue weighted by Gasteiger charge is -2.12. The first-order valence-corrected chi connectivity index (χ1v) is 15.1. The summed E-state index contributed by atoms with van der Waals surface area (Å²) in [4.78, 5) is 2.41. The fourth-order valence-electron chi connectivity index (χ4n) is 3.47. The summed E-state index contributed by atoms with van der Waals surface area (Å²) < 4.78 is 127. The van der Waals surface area contributed by atoms with Crippen LogP contribution in [0, 0.1) is 12.0 Å². The molecule has 0 unspecified atom stereocenters. The van der Waals surface area contributed by atoms with E-state index in [1.54, 1.807) is 0 Å². The van der Waals surface area contributed by atoms with E-state index in [0.29, 0.717) is 12.1 Å². The average Bonchev–Trinajstić information content (AvgIpc) is 2.85. The third-order valence-corrected chi connectivity index (χ3v) is 8.13. The van der Waals surface area contributed by atoms with Gasteiger partial charge in [0, 0.05) is 17.1 Å². The van der Waals surface area contributed by atoms with E-state index in [4.69, 9.17) is 11.6 Å². The minimum atomic E-state index is -5.34. The number of anilines is 2. The van der Waals surface area contributed by atoms with Crippen LogP contribution in [0.5, 0.6) is 11.5 Å². The third-order valence-electron chi connectivity index (χ3n) is 5.22. The predicted octanol–water partition coefficient (Wildman–Crippen LogP) is 3.87. The second-order valence-electron chi connectivity index (χ2n) is 7.99. The Balaban J connectivity index is 1.87. The normalized spacial score (nSPS) is 12.7. The second-order valence-corrected chi connectivity index (χ2v) is 12.6. The van der Waals surface area contributed by atoms with Crippen molar-refractivity contribution in [3.63, 3.8) is 0 Å². The van der Waals surface area contributed by atoms with Gasteiger partial charge in [0.25, 0.3) is 30.4 Å². The number of phenols is 2. The fourth-order valence-corrected chi connectivity index (χ4v) is 5.63. The quantitative estimate of drug-likeness (QED) is 0.0707. The molecule has 4 rings (SSSR count). The molecule has 0 aliphatic carbocycles. The van der Waals surface area contributed by atoms with Crippen molar-refractivity contribution >= 4 is 75.6 Å². The highest BCUT2D eigenvalue weighted by Gasteiger charge is 2.28. The summed E-state index contributed by atoms with van der Waals surface area (Å²) in [6.45, 7) is 0. The molecule has 0 bridgehead atoms. The fraction of sp³-hybridized carbons (Fsp3) is 0. The number of rotatable bonds is 7. The van der Waals surface area contributed by atoms with Crippen molar-refractivity contribution in [1.82, 2.24) is 9.97 Å². The first-order chi connectivity index (χ1) is 19.3. The van der Waals surface area contributed by atoms with Crippen LogP contribution in [0.1, 0.15) is 0 Å². The molecule has 0 aliphatic heterocycles. The number of hydrogen-bond donors (Lipinski definition) is 6. The lowest BCUT2D eigenvalue weighted by atomic mass is 10.1. The van der Waals surface area contributed by atoms with Gasteiger partial charge in [0.2, 0.25) is 5.95 Å². The van der Waals surface area contributed by atoms with Crippen LogP contribution in [0.2, 0.25) is 5.02 Å². The van der Waals surface area contributed by atoms with Gasteiger partial charge >= 0.3 is 6.08 Å². The topological polar surface area (TPSA) is 266 Å². The molecule has 3 aromatic carbocycles. The Bertz CT molecular complexity index is 2160. The number of phenolic OH excluding ortho intramolecular Hbond substituents is 2. The molecule has 42 heavy (non-hydrogen) atoms. The summed E-state index contributed by atoms with van der Waals surface area (Å²) >= 11 is 5.67. The molecule has 22 heteroatoms. The van der Waals surface area contributed by atoms with E-state index in [-0.39, 0.29) is 11.8 Å². The first kappa shape index (κ1) is 30.8. The smallest absolute Gasteiger partial charge is 0.313 e. The lowest BCUT2D eigenvalue weighted by Crippen LogP contribution is -2.06. The van der Waals surface area contributed by atoms with Crippen molar-refractivity contribution in [2.45, 2.75) is 14.7 Å². The molecule has 0 radical (unpaired) electrons. The largest absolute Gasteiger partial charge is 0.506 e. The molecule has 0 spiro atoms. The molecule has 1 aromatic heterocycles. The predicted molar refractivity (Wildman–Crippen MR) is 138 cm³/mol. The van der Waals surface area contributed by atoms with E-state index in [1.807, 2.05) is 0 Å². The number of halogens is 3. The van der Waals surface area contributed by atoms with E-state index in [0.717, 1.165) is 18.2 Å². The van der Waals surface area contributed by atoms with Gasteiger partial charge in [0.1, 0.15) is 31.9 Å². The summed E-state index contributed by atoms with van der Waals surface area (Å²) in [5.41, 5.74) is -1.61. The highest BCUT2D eigenvalue weighted by Crippen LogP contribution is 2.45. The highest BCUT2D eigenvalue weighted by molar-refractivity contribution is 7.87. The molecule has 0 saturated carbocycles. The average molecular weight is 668 g/mol. The Labute approximate surface area is 238 Å². The molecule has 1 heterocycles. The van der Waals surface area contributed by atoms with Gasteiger partial charge in [0.05, 0.1) is 4.90 Å². The standard InChI is InChI=1S/C20H12ClF2N5O11S3/c21-15-18(22)25-20(23)26-19(15)24-8-1-2-10(11(29)5-8)27-28-16-13(42(37,38)39)4-7-3-9(40(31,32)33)6-12(41(34,35)36)14(7)17(16)30/h1-6,29-30H,(H,24,25,26)(H,31,32,33)(H,34,35,36)(H,37,38,39). The van der Waals surface area contributed by atoms with Gasteiger partial charge in [-0.3, -0.25) is 13.7 Å². The third kappa shape index (κ3) is 6.20. The minimum absolute atomic E-state index is 0.0505. The number of hydrogen-bond acceptors (Lipinski definition) is 13. The maximum atomic E-state index is 13.6. The zero-order valence-electron chi connectivity index (χ0n) is 19.8. The Morgan fingerprint density at radius 1 is 0.810 bits per heavy atom. The molecule has 0 atom stereocenters. The van der Waals surface area contributed by atoms with E-state index < -0.39 is 102 Å². The van der Waals surface area contributed by atoms with Crippen LogP contribution in [0.25, 0.3) is 10.8 Å². The molecule has 6 N–H and O–H groups in total. The van der Waals surface area contributed by atoms with Crippen LogP contribution < -0.4 is 5.32 Å². The monoisotopic (exact) mass is 667 g/mol. The second kappa shape index (κ2) is 10.6. The zero-order chi connectivity index (χ0) is 31.4. The maximum absolute atomic E-state index is 13.6. The van der Waals surface area contributed by atoms with Crippen LogP contribution in [0.15, 0.2) is 61.3 Å². The van der Waals surface area contributed by atoms with Gasteiger partial charge < -0.3 is 15.5 Å². The number of nitrogens with zero attached hydrogens (tertiary/aromatic N) is 4. The van der Waals surface area contributed by atoms with Crippen LogP contribution in [0.3, 0.4) is 0 Å². The van der Waals surface area contributed by atoms with Crippen LogP contribution >= 0.6 is 11.6 Å². The van der Waals surface area contributed by atoms with Crippen LogP contribution in [-0.4, -0.2) is 59.1 Å². The van der Waals surface area contributed by atoms with Gasteiger partial charge in [-0.1, -0.05) is 11.6 Å². The van der Waals surface area contributed by atoms with Crippen molar-refractivity contribution in [2.24, 2.45) is 10.2 Å². The first-order valence-electron chi connectivity index (χ1n) is 10.4. The van der Waals surface area contributed by atoms with Gasteiger partial charge in [-0.2, -0.15) is 44.0 Å². The number of fused-ring (bicyclic) bond motifs is 1. The molecule has 222 valence electrons. The Hall–Kier alpha value is -4.12. The summed E-state index contributed by atoms with van der Waals surface area (Å²) in [5, 5.41) is 28.3. The Morgan fingerprint density at radius 2 is 1.45 bits per heavy atom. The minimum Gasteiger partial charge on any atom is -0.506 e. The van der Waals surface area contributed by atoms with Crippen molar-refractivity contribution in [2.75, 3.05) is 5.32 Å². The van der Waals surface area contributed by atoms with E-state index >= 15 is 0 Å². The van der Waals surface area contributed by atoms with Gasteiger partial charge in [0.15, 0.2) is 11.6 Å². The van der Waals surface area contributed by atoms with E-state index in [2.05, 4.69) is 25.5 Å². The zero-order valence-corrected chi connectivity index (χ0v) is 23.0. The molecule has 0 saturated heterocycles.